The summed E-state index contributed by atoms with van der Waals surface area (Å²) < 4.78 is 2.03. The highest BCUT2D eigenvalue weighted by molar-refractivity contribution is 5.70. The molecule has 2 aromatic rings. The average molecular weight is 210 g/mol. The second-order valence-electron chi connectivity index (χ2n) is 3.99. The summed E-state index contributed by atoms with van der Waals surface area (Å²) in [5, 5.41) is 0. The van der Waals surface area contributed by atoms with E-state index >= 15 is 0 Å². The Morgan fingerprint density at radius 2 is 1.62 bits per heavy atom. The van der Waals surface area contributed by atoms with Crippen molar-refractivity contribution in [3.8, 4) is 0 Å². The standard InChI is InChI=1S/C15H16N/c1-13-5-3-4-6-15(13)8-7-14-9-11-16(2)12-10-14/h3-12H,1-2H3/q+1/b8-7+. The van der Waals surface area contributed by atoms with E-state index in [1.807, 2.05) is 11.6 Å². The van der Waals surface area contributed by atoms with E-state index in [1.54, 1.807) is 0 Å². The van der Waals surface area contributed by atoms with Gasteiger partial charge in [0.1, 0.15) is 7.05 Å². The third-order valence-electron chi connectivity index (χ3n) is 2.65. The van der Waals surface area contributed by atoms with Crippen LogP contribution in [0.3, 0.4) is 0 Å². The molecule has 0 fully saturated rings. The molecule has 1 aromatic carbocycles. The molecule has 0 N–H and O–H groups in total. The highest BCUT2D eigenvalue weighted by atomic mass is 14.9. The molecule has 0 spiro atoms. The minimum atomic E-state index is 1.22. The predicted octanol–water partition coefficient (Wildman–Crippen LogP) is 2.99. The maximum atomic E-state index is 2.16. The number of aromatic nitrogens is 1. The van der Waals surface area contributed by atoms with Gasteiger partial charge in [-0.15, -0.1) is 0 Å². The Morgan fingerprint density at radius 1 is 0.938 bits per heavy atom. The molecule has 1 heteroatoms. The van der Waals surface area contributed by atoms with Crippen molar-refractivity contribution in [2.24, 2.45) is 7.05 Å². The van der Waals surface area contributed by atoms with Gasteiger partial charge < -0.3 is 0 Å². The Labute approximate surface area is 96.7 Å². The van der Waals surface area contributed by atoms with Crippen LogP contribution in [-0.4, -0.2) is 0 Å². The van der Waals surface area contributed by atoms with E-state index in [9.17, 15) is 0 Å². The highest BCUT2D eigenvalue weighted by Crippen LogP contribution is 2.11. The second-order valence-corrected chi connectivity index (χ2v) is 3.99. The fourth-order valence-electron chi connectivity index (χ4n) is 1.58. The molecule has 80 valence electrons. The molecule has 0 saturated carbocycles. The van der Waals surface area contributed by atoms with Gasteiger partial charge in [0.05, 0.1) is 0 Å². The monoisotopic (exact) mass is 210 g/mol. The Morgan fingerprint density at radius 3 is 2.31 bits per heavy atom. The van der Waals surface area contributed by atoms with E-state index in [1.165, 1.54) is 16.7 Å². The molecule has 0 amide bonds. The molecule has 16 heavy (non-hydrogen) atoms. The van der Waals surface area contributed by atoms with E-state index in [0.717, 1.165) is 0 Å². The van der Waals surface area contributed by atoms with Crippen LogP contribution in [0.25, 0.3) is 12.2 Å². The van der Waals surface area contributed by atoms with Crippen LogP contribution in [0.2, 0.25) is 0 Å². The molecule has 0 atom stereocenters. The summed E-state index contributed by atoms with van der Waals surface area (Å²) in [6, 6.07) is 12.6. The van der Waals surface area contributed by atoms with Crippen LogP contribution in [0.5, 0.6) is 0 Å². The van der Waals surface area contributed by atoms with Gasteiger partial charge in [-0.2, -0.15) is 0 Å². The van der Waals surface area contributed by atoms with Gasteiger partial charge in [0.25, 0.3) is 0 Å². The van der Waals surface area contributed by atoms with E-state index in [-0.39, 0.29) is 0 Å². The van der Waals surface area contributed by atoms with Gasteiger partial charge in [-0.05, 0) is 23.6 Å². The number of rotatable bonds is 2. The van der Waals surface area contributed by atoms with Gasteiger partial charge in [0.15, 0.2) is 12.4 Å². The molecule has 2 rings (SSSR count). The minimum Gasteiger partial charge on any atom is -0.208 e. The first kappa shape index (κ1) is 10.6. The minimum absolute atomic E-state index is 1.22. The second kappa shape index (κ2) is 4.75. The molecule has 1 nitrogen and oxygen atoms in total. The van der Waals surface area contributed by atoms with Crippen molar-refractivity contribution in [2.75, 3.05) is 0 Å². The zero-order valence-corrected chi connectivity index (χ0v) is 9.72. The Kier molecular flexibility index (Phi) is 3.16. The normalized spacial score (nSPS) is 10.9. The third kappa shape index (κ3) is 2.57. The lowest BCUT2D eigenvalue weighted by Crippen LogP contribution is -2.25. The predicted molar refractivity (Wildman–Crippen MR) is 67.7 cm³/mol. The Balaban J connectivity index is 2.21. The quantitative estimate of drug-likeness (QED) is 0.671. The van der Waals surface area contributed by atoms with Gasteiger partial charge in [-0.3, -0.25) is 0 Å². The van der Waals surface area contributed by atoms with Crippen LogP contribution in [0.1, 0.15) is 16.7 Å². The number of pyridine rings is 1. The fraction of sp³-hybridized carbons (Fsp3) is 0.133. The van der Waals surface area contributed by atoms with E-state index in [2.05, 4.69) is 67.9 Å². The van der Waals surface area contributed by atoms with Crippen molar-refractivity contribution in [3.63, 3.8) is 0 Å². The van der Waals surface area contributed by atoms with Gasteiger partial charge in [-0.25, -0.2) is 4.57 Å². The smallest absolute Gasteiger partial charge is 0.169 e. The first-order valence-electron chi connectivity index (χ1n) is 5.45. The van der Waals surface area contributed by atoms with Crippen molar-refractivity contribution in [1.29, 1.82) is 0 Å². The maximum absolute atomic E-state index is 2.16. The summed E-state index contributed by atoms with van der Waals surface area (Å²) in [5.41, 5.74) is 3.80. The van der Waals surface area contributed by atoms with Gasteiger partial charge in [0, 0.05) is 12.1 Å². The van der Waals surface area contributed by atoms with Crippen LogP contribution in [0.4, 0.5) is 0 Å². The first-order chi connectivity index (χ1) is 7.75. The molecule has 1 aromatic heterocycles. The molecule has 1 heterocycles. The topological polar surface area (TPSA) is 3.88 Å². The lowest BCUT2D eigenvalue weighted by atomic mass is 10.1. The summed E-state index contributed by atoms with van der Waals surface area (Å²) in [5.74, 6) is 0. The molecule has 0 aliphatic rings. The summed E-state index contributed by atoms with van der Waals surface area (Å²) in [7, 11) is 2.02. The molecule has 0 aliphatic carbocycles. The van der Waals surface area contributed by atoms with Gasteiger partial charge >= 0.3 is 0 Å². The molecular formula is C15H16N+. The first-order valence-corrected chi connectivity index (χ1v) is 5.45. The van der Waals surface area contributed by atoms with Crippen LogP contribution in [0.15, 0.2) is 48.8 Å². The van der Waals surface area contributed by atoms with Crippen LogP contribution < -0.4 is 4.57 Å². The highest BCUT2D eigenvalue weighted by Gasteiger charge is 1.93. The number of hydrogen-bond acceptors (Lipinski definition) is 0. The summed E-state index contributed by atoms with van der Waals surface area (Å²) in [6.07, 6.45) is 8.40. The number of hydrogen-bond donors (Lipinski definition) is 0. The van der Waals surface area contributed by atoms with Crippen molar-refractivity contribution in [1.82, 2.24) is 0 Å². The fourth-order valence-corrected chi connectivity index (χ4v) is 1.58. The van der Waals surface area contributed by atoms with E-state index in [4.69, 9.17) is 0 Å². The summed E-state index contributed by atoms with van der Waals surface area (Å²) in [6.45, 7) is 2.13. The van der Waals surface area contributed by atoms with Gasteiger partial charge in [0.2, 0.25) is 0 Å². The Bertz CT molecular complexity index is 495. The van der Waals surface area contributed by atoms with Crippen molar-refractivity contribution < 1.29 is 4.57 Å². The molecule has 0 bridgehead atoms. The van der Waals surface area contributed by atoms with E-state index < -0.39 is 0 Å². The van der Waals surface area contributed by atoms with Crippen LogP contribution in [-0.2, 0) is 7.05 Å². The zero-order valence-electron chi connectivity index (χ0n) is 9.72. The molecule has 0 unspecified atom stereocenters. The van der Waals surface area contributed by atoms with E-state index in [0.29, 0.717) is 0 Å². The maximum Gasteiger partial charge on any atom is 0.169 e. The number of aryl methyl sites for hydroxylation is 2. The molecule has 0 saturated heterocycles. The van der Waals surface area contributed by atoms with Crippen LogP contribution >= 0.6 is 0 Å². The number of nitrogens with zero attached hydrogens (tertiary/aromatic N) is 1. The lowest BCUT2D eigenvalue weighted by molar-refractivity contribution is -0.671. The largest absolute Gasteiger partial charge is 0.208 e. The van der Waals surface area contributed by atoms with Crippen LogP contribution in [0, 0.1) is 6.92 Å². The molecule has 0 radical (unpaired) electrons. The average Bonchev–Trinajstić information content (AvgIpc) is 2.30. The van der Waals surface area contributed by atoms with Gasteiger partial charge in [-0.1, -0.05) is 36.4 Å². The number of benzene rings is 1. The Hall–Kier alpha value is -1.89. The zero-order chi connectivity index (χ0) is 11.4. The summed E-state index contributed by atoms with van der Waals surface area (Å²) in [4.78, 5) is 0. The van der Waals surface area contributed by atoms with Crippen molar-refractivity contribution in [3.05, 3.63) is 65.5 Å². The van der Waals surface area contributed by atoms with Crippen molar-refractivity contribution in [2.45, 2.75) is 6.92 Å². The lowest BCUT2D eigenvalue weighted by Gasteiger charge is -1.98. The summed E-state index contributed by atoms with van der Waals surface area (Å²) >= 11 is 0. The third-order valence-corrected chi connectivity index (χ3v) is 2.65. The molecular weight excluding hydrogens is 194 g/mol. The molecule has 0 aliphatic heterocycles. The SMILES string of the molecule is Cc1ccccc1/C=C/c1cc[n+](C)cc1. The van der Waals surface area contributed by atoms with Crippen molar-refractivity contribution >= 4 is 12.2 Å².